The zero-order valence-electron chi connectivity index (χ0n) is 11.7. The predicted octanol–water partition coefficient (Wildman–Crippen LogP) is 1.62. The zero-order valence-corrected chi connectivity index (χ0v) is 12.5. The Labute approximate surface area is 122 Å². The number of thioether (sulfide) groups is 1. The molecule has 2 rings (SSSR count). The molecule has 1 atom stereocenters. The molecule has 6 heteroatoms. The Kier molecular flexibility index (Phi) is 4.06. The highest BCUT2D eigenvalue weighted by Crippen LogP contribution is 2.32. The van der Waals surface area contributed by atoms with Crippen LogP contribution in [0.1, 0.15) is 31.1 Å². The van der Waals surface area contributed by atoms with Gasteiger partial charge in [-0.15, -0.1) is 11.8 Å². The van der Waals surface area contributed by atoms with Gasteiger partial charge in [-0.2, -0.15) is 0 Å². The fourth-order valence-electron chi connectivity index (χ4n) is 1.69. The van der Waals surface area contributed by atoms with Gasteiger partial charge in [0.15, 0.2) is 0 Å². The highest BCUT2D eigenvalue weighted by Gasteiger charge is 2.27. The van der Waals surface area contributed by atoms with E-state index < -0.39 is 11.6 Å². The summed E-state index contributed by atoms with van der Waals surface area (Å²) in [6, 6.07) is 5.20. The minimum atomic E-state index is -0.717. The predicted molar refractivity (Wildman–Crippen MR) is 79.0 cm³/mol. The SMILES string of the molecule is CC(O)C(C)(C)NC(=O)c1ccc2c(c1)NC(=O)CS2. The molecular weight excluding hydrogens is 276 g/mol. The van der Waals surface area contributed by atoms with Crippen molar-refractivity contribution in [1.82, 2.24) is 5.32 Å². The molecule has 1 aromatic rings. The van der Waals surface area contributed by atoms with Gasteiger partial charge < -0.3 is 15.7 Å². The van der Waals surface area contributed by atoms with Crippen molar-refractivity contribution in [2.75, 3.05) is 11.1 Å². The maximum absolute atomic E-state index is 12.2. The fraction of sp³-hybridized carbons (Fsp3) is 0.429. The van der Waals surface area contributed by atoms with E-state index in [1.165, 1.54) is 11.8 Å². The van der Waals surface area contributed by atoms with E-state index in [1.807, 2.05) is 6.07 Å². The topological polar surface area (TPSA) is 78.4 Å². The average molecular weight is 294 g/mol. The van der Waals surface area contributed by atoms with Crippen LogP contribution in [0.5, 0.6) is 0 Å². The number of nitrogens with one attached hydrogen (secondary N) is 2. The first-order chi connectivity index (χ1) is 9.29. The lowest BCUT2D eigenvalue weighted by Gasteiger charge is -2.29. The molecule has 1 aromatic carbocycles. The number of amides is 2. The third-order valence-corrected chi connectivity index (χ3v) is 4.43. The third kappa shape index (κ3) is 3.13. The number of carbonyl (C=O) groups excluding carboxylic acids is 2. The Morgan fingerprint density at radius 2 is 2.20 bits per heavy atom. The molecule has 0 aliphatic carbocycles. The van der Waals surface area contributed by atoms with Gasteiger partial charge in [0.2, 0.25) is 5.91 Å². The number of aliphatic hydroxyl groups is 1. The lowest BCUT2D eigenvalue weighted by Crippen LogP contribution is -2.51. The van der Waals surface area contributed by atoms with E-state index in [2.05, 4.69) is 10.6 Å². The van der Waals surface area contributed by atoms with Crippen molar-refractivity contribution in [3.8, 4) is 0 Å². The summed E-state index contributed by atoms with van der Waals surface area (Å²) in [7, 11) is 0. The van der Waals surface area contributed by atoms with Crippen LogP contribution in [0.2, 0.25) is 0 Å². The molecule has 2 amide bonds. The number of anilines is 1. The number of fused-ring (bicyclic) bond motifs is 1. The van der Waals surface area contributed by atoms with Crippen molar-refractivity contribution >= 4 is 29.3 Å². The van der Waals surface area contributed by atoms with Crippen LogP contribution >= 0.6 is 11.8 Å². The average Bonchev–Trinajstić information content (AvgIpc) is 2.37. The van der Waals surface area contributed by atoms with Gasteiger partial charge in [0.25, 0.3) is 5.91 Å². The number of benzene rings is 1. The van der Waals surface area contributed by atoms with Crippen molar-refractivity contribution in [1.29, 1.82) is 0 Å². The molecule has 0 spiro atoms. The van der Waals surface area contributed by atoms with Crippen LogP contribution in [-0.2, 0) is 4.79 Å². The van der Waals surface area contributed by atoms with Gasteiger partial charge in [0, 0.05) is 10.5 Å². The Morgan fingerprint density at radius 3 is 2.85 bits per heavy atom. The van der Waals surface area contributed by atoms with Gasteiger partial charge >= 0.3 is 0 Å². The zero-order chi connectivity index (χ0) is 14.9. The highest BCUT2D eigenvalue weighted by molar-refractivity contribution is 8.00. The van der Waals surface area contributed by atoms with Crippen LogP contribution in [0.4, 0.5) is 5.69 Å². The lowest BCUT2D eigenvalue weighted by molar-refractivity contribution is -0.113. The molecule has 1 unspecified atom stereocenters. The second kappa shape index (κ2) is 5.46. The van der Waals surface area contributed by atoms with E-state index >= 15 is 0 Å². The van der Waals surface area contributed by atoms with Crippen LogP contribution in [0.25, 0.3) is 0 Å². The van der Waals surface area contributed by atoms with Gasteiger partial charge in [0.05, 0.1) is 23.1 Å². The summed E-state index contributed by atoms with van der Waals surface area (Å²) in [4.78, 5) is 24.5. The summed E-state index contributed by atoms with van der Waals surface area (Å²) in [6.07, 6.45) is -0.667. The van der Waals surface area contributed by atoms with Crippen LogP contribution in [0.3, 0.4) is 0 Å². The quantitative estimate of drug-likeness (QED) is 0.791. The molecule has 108 valence electrons. The summed E-state index contributed by atoms with van der Waals surface area (Å²) in [5, 5.41) is 15.2. The molecule has 0 saturated heterocycles. The number of hydrogen-bond donors (Lipinski definition) is 3. The molecule has 0 saturated carbocycles. The summed E-state index contributed by atoms with van der Waals surface area (Å²) < 4.78 is 0. The Balaban J connectivity index is 2.19. The van der Waals surface area contributed by atoms with E-state index in [-0.39, 0.29) is 11.8 Å². The van der Waals surface area contributed by atoms with Crippen molar-refractivity contribution in [3.63, 3.8) is 0 Å². The van der Waals surface area contributed by atoms with Crippen molar-refractivity contribution < 1.29 is 14.7 Å². The number of carbonyl (C=O) groups is 2. The molecule has 0 radical (unpaired) electrons. The van der Waals surface area contributed by atoms with Gasteiger partial charge in [-0.1, -0.05) is 0 Å². The van der Waals surface area contributed by atoms with Crippen molar-refractivity contribution in [2.45, 2.75) is 37.3 Å². The van der Waals surface area contributed by atoms with Crippen LogP contribution in [0.15, 0.2) is 23.1 Å². The Hall–Kier alpha value is -1.53. The van der Waals surface area contributed by atoms with E-state index in [1.54, 1.807) is 32.9 Å². The monoisotopic (exact) mass is 294 g/mol. The van der Waals surface area contributed by atoms with E-state index in [0.717, 1.165) is 4.90 Å². The normalized spacial score (nSPS) is 16.1. The molecular formula is C14H18N2O3S. The first-order valence-electron chi connectivity index (χ1n) is 6.37. The summed E-state index contributed by atoms with van der Waals surface area (Å²) in [6.45, 7) is 5.14. The van der Waals surface area contributed by atoms with E-state index in [4.69, 9.17) is 0 Å². The van der Waals surface area contributed by atoms with Crippen molar-refractivity contribution in [3.05, 3.63) is 23.8 Å². The smallest absolute Gasteiger partial charge is 0.251 e. The molecule has 0 aromatic heterocycles. The first kappa shape index (κ1) is 14.9. The second-order valence-corrected chi connectivity index (χ2v) is 6.42. The first-order valence-corrected chi connectivity index (χ1v) is 7.35. The van der Waals surface area contributed by atoms with Gasteiger partial charge in [-0.3, -0.25) is 9.59 Å². The van der Waals surface area contributed by atoms with Crippen LogP contribution in [-0.4, -0.2) is 34.3 Å². The molecule has 3 N–H and O–H groups in total. The Bertz CT molecular complexity index is 555. The number of hydrogen-bond acceptors (Lipinski definition) is 4. The van der Waals surface area contributed by atoms with E-state index in [0.29, 0.717) is 17.0 Å². The van der Waals surface area contributed by atoms with Crippen molar-refractivity contribution in [2.24, 2.45) is 0 Å². The lowest BCUT2D eigenvalue weighted by atomic mass is 9.98. The molecule has 1 aliphatic heterocycles. The van der Waals surface area contributed by atoms with Gasteiger partial charge in [-0.05, 0) is 39.0 Å². The maximum Gasteiger partial charge on any atom is 0.251 e. The highest BCUT2D eigenvalue weighted by atomic mass is 32.2. The molecule has 1 heterocycles. The minimum Gasteiger partial charge on any atom is -0.391 e. The fourth-order valence-corrected chi connectivity index (χ4v) is 2.48. The van der Waals surface area contributed by atoms with E-state index in [9.17, 15) is 14.7 Å². The minimum absolute atomic E-state index is 0.0654. The van der Waals surface area contributed by atoms with Crippen LogP contribution < -0.4 is 10.6 Å². The third-order valence-electron chi connectivity index (χ3n) is 3.35. The molecule has 1 aliphatic rings. The largest absolute Gasteiger partial charge is 0.391 e. The second-order valence-electron chi connectivity index (χ2n) is 5.40. The number of rotatable bonds is 3. The van der Waals surface area contributed by atoms with Crippen LogP contribution in [0, 0.1) is 0 Å². The maximum atomic E-state index is 12.2. The molecule has 20 heavy (non-hydrogen) atoms. The van der Waals surface area contributed by atoms with Gasteiger partial charge in [0.1, 0.15) is 0 Å². The van der Waals surface area contributed by atoms with Gasteiger partial charge in [-0.25, -0.2) is 0 Å². The number of aliphatic hydroxyl groups excluding tert-OH is 1. The molecule has 5 nitrogen and oxygen atoms in total. The summed E-state index contributed by atoms with van der Waals surface area (Å²) in [5.41, 5.74) is 0.402. The molecule has 0 bridgehead atoms. The Morgan fingerprint density at radius 1 is 1.50 bits per heavy atom. The standard InChI is InChI=1S/C14H18N2O3S/c1-8(17)14(2,3)16-13(19)9-4-5-11-10(6-9)15-12(18)7-20-11/h4-6,8,17H,7H2,1-3H3,(H,15,18)(H,16,19). The molecule has 0 fully saturated rings. The summed E-state index contributed by atoms with van der Waals surface area (Å²) in [5.74, 6) is 0.0565. The summed E-state index contributed by atoms with van der Waals surface area (Å²) >= 11 is 1.45.